The molecule has 5 nitrogen and oxygen atoms in total. The van der Waals surface area contributed by atoms with E-state index in [1.807, 2.05) is 43.3 Å². The molecule has 98 valence electrons. The minimum atomic E-state index is 0.317. The Labute approximate surface area is 115 Å². The lowest BCUT2D eigenvalue weighted by Gasteiger charge is -2.07. The van der Waals surface area contributed by atoms with E-state index in [9.17, 15) is 4.79 Å². The monoisotopic (exact) mass is 264 g/mol. The topological polar surface area (TPSA) is 60.7 Å². The molecule has 0 aliphatic carbocycles. The number of aldehydes is 1. The van der Waals surface area contributed by atoms with Gasteiger partial charge in [-0.25, -0.2) is 4.68 Å². The molecule has 0 radical (unpaired) electrons. The van der Waals surface area contributed by atoms with Crippen molar-refractivity contribution in [2.45, 2.75) is 6.92 Å². The molecule has 2 heterocycles. The lowest BCUT2D eigenvalue weighted by Crippen LogP contribution is -2.00. The fourth-order valence-electron chi connectivity index (χ4n) is 2.09. The van der Waals surface area contributed by atoms with Crippen LogP contribution in [-0.4, -0.2) is 26.3 Å². The number of pyridine rings is 1. The van der Waals surface area contributed by atoms with Gasteiger partial charge in [0, 0.05) is 18.0 Å². The van der Waals surface area contributed by atoms with Gasteiger partial charge in [0.05, 0.1) is 5.69 Å². The van der Waals surface area contributed by atoms with Gasteiger partial charge in [0.2, 0.25) is 0 Å². The number of aryl methyl sites for hydroxylation is 1. The molecule has 0 N–H and O–H groups in total. The maximum absolute atomic E-state index is 11.2. The normalized spacial score (nSPS) is 10.4. The van der Waals surface area contributed by atoms with Crippen LogP contribution in [0.25, 0.3) is 16.9 Å². The second-order valence-electron chi connectivity index (χ2n) is 4.43. The number of benzene rings is 1. The number of rotatable bonds is 3. The molecule has 0 unspecified atom stereocenters. The van der Waals surface area contributed by atoms with Crippen LogP contribution in [-0.2, 0) is 0 Å². The second-order valence-corrected chi connectivity index (χ2v) is 4.43. The molecule has 0 spiro atoms. The standard InChI is InChI=1S/C15H12N4O/c1-11-3-2-4-13(9-11)19-15(14(10-20)17-18-19)12-5-7-16-8-6-12/h2-10H,1H3. The number of carbonyl (C=O) groups is 1. The molecule has 1 aromatic carbocycles. The number of hydrogen-bond donors (Lipinski definition) is 0. The van der Waals surface area contributed by atoms with Crippen molar-refractivity contribution in [1.29, 1.82) is 0 Å². The van der Waals surface area contributed by atoms with E-state index in [1.165, 1.54) is 0 Å². The highest BCUT2D eigenvalue weighted by atomic mass is 16.1. The summed E-state index contributed by atoms with van der Waals surface area (Å²) in [5.41, 5.74) is 3.84. The van der Waals surface area contributed by atoms with Gasteiger partial charge in [-0.2, -0.15) is 0 Å². The van der Waals surface area contributed by atoms with E-state index in [2.05, 4.69) is 15.3 Å². The van der Waals surface area contributed by atoms with E-state index >= 15 is 0 Å². The quantitative estimate of drug-likeness (QED) is 0.682. The summed E-state index contributed by atoms with van der Waals surface area (Å²) in [5.74, 6) is 0. The van der Waals surface area contributed by atoms with Gasteiger partial charge in [-0.05, 0) is 36.8 Å². The zero-order valence-electron chi connectivity index (χ0n) is 10.9. The van der Waals surface area contributed by atoms with Crippen LogP contribution in [0.5, 0.6) is 0 Å². The van der Waals surface area contributed by atoms with Crippen LogP contribution in [0.2, 0.25) is 0 Å². The van der Waals surface area contributed by atoms with Crippen LogP contribution in [0.3, 0.4) is 0 Å². The Kier molecular flexibility index (Phi) is 3.09. The lowest BCUT2D eigenvalue weighted by molar-refractivity contribution is 0.111. The van der Waals surface area contributed by atoms with Crippen LogP contribution >= 0.6 is 0 Å². The SMILES string of the molecule is Cc1cccc(-n2nnc(C=O)c2-c2ccncc2)c1. The molecule has 20 heavy (non-hydrogen) atoms. The molecular formula is C15H12N4O. The molecule has 0 aliphatic rings. The lowest BCUT2D eigenvalue weighted by atomic mass is 10.1. The smallest absolute Gasteiger partial charge is 0.172 e. The van der Waals surface area contributed by atoms with Gasteiger partial charge in [-0.15, -0.1) is 5.10 Å². The van der Waals surface area contributed by atoms with Crippen molar-refractivity contribution in [3.63, 3.8) is 0 Å². The van der Waals surface area contributed by atoms with Gasteiger partial charge in [-0.3, -0.25) is 9.78 Å². The summed E-state index contributed by atoms with van der Waals surface area (Å²) in [7, 11) is 0. The van der Waals surface area contributed by atoms with Gasteiger partial charge < -0.3 is 0 Å². The van der Waals surface area contributed by atoms with Crippen molar-refractivity contribution in [2.75, 3.05) is 0 Å². The summed E-state index contributed by atoms with van der Waals surface area (Å²) in [6, 6.07) is 11.5. The fourth-order valence-corrected chi connectivity index (χ4v) is 2.09. The van der Waals surface area contributed by atoms with Gasteiger partial charge in [0.25, 0.3) is 0 Å². The molecular weight excluding hydrogens is 252 g/mol. The Morgan fingerprint density at radius 1 is 1.15 bits per heavy atom. The van der Waals surface area contributed by atoms with Crippen LogP contribution < -0.4 is 0 Å². The third-order valence-electron chi connectivity index (χ3n) is 3.01. The summed E-state index contributed by atoms with van der Waals surface area (Å²) < 4.78 is 1.67. The Morgan fingerprint density at radius 3 is 2.65 bits per heavy atom. The van der Waals surface area contributed by atoms with Crippen molar-refractivity contribution in [3.05, 3.63) is 60.0 Å². The molecule has 0 fully saturated rings. The van der Waals surface area contributed by atoms with Crippen LogP contribution in [0.4, 0.5) is 0 Å². The summed E-state index contributed by atoms with van der Waals surface area (Å²) in [5, 5.41) is 8.03. The third-order valence-corrected chi connectivity index (χ3v) is 3.01. The van der Waals surface area contributed by atoms with E-state index < -0.39 is 0 Å². The first kappa shape index (κ1) is 12.2. The van der Waals surface area contributed by atoms with Gasteiger partial charge >= 0.3 is 0 Å². The third kappa shape index (κ3) is 2.09. The average Bonchev–Trinajstić information content (AvgIpc) is 2.92. The maximum Gasteiger partial charge on any atom is 0.172 e. The Morgan fingerprint density at radius 2 is 1.95 bits per heavy atom. The summed E-state index contributed by atoms with van der Waals surface area (Å²) in [4.78, 5) is 15.2. The van der Waals surface area contributed by atoms with Crippen molar-refractivity contribution in [3.8, 4) is 16.9 Å². The first-order valence-corrected chi connectivity index (χ1v) is 6.18. The number of nitrogens with zero attached hydrogens (tertiary/aromatic N) is 4. The predicted octanol–water partition coefficient (Wildman–Crippen LogP) is 2.45. The second kappa shape index (κ2) is 5.05. The molecule has 3 aromatic rings. The van der Waals surface area contributed by atoms with Gasteiger partial charge in [0.1, 0.15) is 5.69 Å². The zero-order chi connectivity index (χ0) is 13.9. The molecule has 2 aromatic heterocycles. The van der Waals surface area contributed by atoms with E-state index in [0.717, 1.165) is 23.1 Å². The van der Waals surface area contributed by atoms with Crippen molar-refractivity contribution in [2.24, 2.45) is 0 Å². The van der Waals surface area contributed by atoms with Crippen molar-refractivity contribution >= 4 is 6.29 Å². The minimum absolute atomic E-state index is 0.317. The first-order valence-electron chi connectivity index (χ1n) is 6.18. The van der Waals surface area contributed by atoms with E-state index in [1.54, 1.807) is 17.1 Å². The molecule has 0 bridgehead atoms. The van der Waals surface area contributed by atoms with E-state index in [0.29, 0.717) is 11.4 Å². The highest BCUT2D eigenvalue weighted by Crippen LogP contribution is 2.24. The van der Waals surface area contributed by atoms with Crippen LogP contribution in [0, 0.1) is 6.92 Å². The van der Waals surface area contributed by atoms with E-state index in [4.69, 9.17) is 0 Å². The summed E-state index contributed by atoms with van der Waals surface area (Å²) >= 11 is 0. The Balaban J connectivity index is 2.23. The number of aromatic nitrogens is 4. The molecule has 0 aliphatic heterocycles. The van der Waals surface area contributed by atoms with Gasteiger partial charge in [-0.1, -0.05) is 17.3 Å². The molecule has 0 amide bonds. The first-order chi connectivity index (χ1) is 9.79. The summed E-state index contributed by atoms with van der Waals surface area (Å²) in [6.07, 6.45) is 4.07. The Bertz CT molecular complexity index is 750. The molecule has 5 heteroatoms. The summed E-state index contributed by atoms with van der Waals surface area (Å²) in [6.45, 7) is 2.01. The van der Waals surface area contributed by atoms with Crippen molar-refractivity contribution < 1.29 is 4.79 Å². The molecule has 0 saturated carbocycles. The number of carbonyl (C=O) groups excluding carboxylic acids is 1. The van der Waals surface area contributed by atoms with Gasteiger partial charge in [0.15, 0.2) is 12.0 Å². The number of hydrogen-bond acceptors (Lipinski definition) is 4. The highest BCUT2D eigenvalue weighted by molar-refractivity contribution is 5.83. The van der Waals surface area contributed by atoms with Crippen LogP contribution in [0.15, 0.2) is 48.8 Å². The van der Waals surface area contributed by atoms with Crippen molar-refractivity contribution in [1.82, 2.24) is 20.0 Å². The highest BCUT2D eigenvalue weighted by Gasteiger charge is 2.15. The molecule has 0 atom stereocenters. The Hall–Kier alpha value is -2.82. The van der Waals surface area contributed by atoms with E-state index in [-0.39, 0.29) is 0 Å². The zero-order valence-corrected chi connectivity index (χ0v) is 10.9. The predicted molar refractivity (Wildman–Crippen MR) is 74.7 cm³/mol. The fraction of sp³-hybridized carbons (Fsp3) is 0.0667. The average molecular weight is 264 g/mol. The largest absolute Gasteiger partial charge is 0.296 e. The molecule has 3 rings (SSSR count). The van der Waals surface area contributed by atoms with Crippen LogP contribution in [0.1, 0.15) is 16.1 Å². The molecule has 0 saturated heterocycles. The minimum Gasteiger partial charge on any atom is -0.296 e. The maximum atomic E-state index is 11.2.